The second-order valence-electron chi connectivity index (χ2n) is 5.05. The fraction of sp³-hybridized carbons (Fsp3) is 0.500. The highest BCUT2D eigenvalue weighted by Crippen LogP contribution is 2.49. The molecule has 1 fully saturated rings. The molecular formula is C14H15F3O. The van der Waals surface area contributed by atoms with Crippen LogP contribution in [0.2, 0.25) is 0 Å². The molecule has 1 aliphatic carbocycles. The maximum Gasteiger partial charge on any atom is 0.416 e. The number of carbonyl (C=O) groups is 1. The molecule has 0 aliphatic heterocycles. The quantitative estimate of drug-likeness (QED) is 0.741. The summed E-state index contributed by atoms with van der Waals surface area (Å²) >= 11 is 0. The summed E-state index contributed by atoms with van der Waals surface area (Å²) in [5, 5.41) is 0. The molecule has 0 radical (unpaired) electrons. The Hall–Kier alpha value is -1.32. The van der Waals surface area contributed by atoms with Crippen LogP contribution in [0.3, 0.4) is 0 Å². The molecule has 98 valence electrons. The predicted molar refractivity (Wildman–Crippen MR) is 62.2 cm³/mol. The van der Waals surface area contributed by atoms with Crippen LogP contribution in [0, 0.1) is 5.41 Å². The number of benzene rings is 1. The van der Waals surface area contributed by atoms with E-state index in [4.69, 9.17) is 0 Å². The molecule has 1 aromatic carbocycles. The van der Waals surface area contributed by atoms with Crippen LogP contribution in [-0.4, -0.2) is 6.29 Å². The monoisotopic (exact) mass is 256 g/mol. The Morgan fingerprint density at radius 3 is 2.11 bits per heavy atom. The Kier molecular flexibility index (Phi) is 3.21. The second kappa shape index (κ2) is 4.41. The normalized spacial score (nSPS) is 20.0. The first-order valence-electron chi connectivity index (χ1n) is 6.02. The van der Waals surface area contributed by atoms with Crippen LogP contribution in [0.5, 0.6) is 0 Å². The number of halogens is 3. The minimum absolute atomic E-state index is 0.0222. The SMILES string of the molecule is CC(c1ccc(C(F)(F)F)cc1)C1(C=O)CCC1. The van der Waals surface area contributed by atoms with Crippen molar-refractivity contribution in [3.05, 3.63) is 35.4 Å². The van der Waals surface area contributed by atoms with Gasteiger partial charge in [0.15, 0.2) is 0 Å². The van der Waals surface area contributed by atoms with Crippen molar-refractivity contribution in [1.82, 2.24) is 0 Å². The lowest BCUT2D eigenvalue weighted by atomic mass is 9.61. The van der Waals surface area contributed by atoms with Gasteiger partial charge in [-0.1, -0.05) is 25.5 Å². The first kappa shape index (κ1) is 13.1. The van der Waals surface area contributed by atoms with Gasteiger partial charge >= 0.3 is 6.18 Å². The van der Waals surface area contributed by atoms with Crippen molar-refractivity contribution < 1.29 is 18.0 Å². The van der Waals surface area contributed by atoms with Gasteiger partial charge in [0.1, 0.15) is 6.29 Å². The molecule has 1 unspecified atom stereocenters. The van der Waals surface area contributed by atoms with E-state index in [0.717, 1.165) is 43.2 Å². The van der Waals surface area contributed by atoms with Crippen molar-refractivity contribution >= 4 is 6.29 Å². The predicted octanol–water partition coefficient (Wildman–Crippen LogP) is 4.18. The molecular weight excluding hydrogens is 241 g/mol. The van der Waals surface area contributed by atoms with Gasteiger partial charge in [0.25, 0.3) is 0 Å². The molecule has 0 aromatic heterocycles. The number of alkyl halides is 3. The molecule has 0 heterocycles. The van der Waals surface area contributed by atoms with Crippen LogP contribution in [-0.2, 0) is 11.0 Å². The summed E-state index contributed by atoms with van der Waals surface area (Å²) < 4.78 is 37.3. The van der Waals surface area contributed by atoms with E-state index in [-0.39, 0.29) is 11.3 Å². The van der Waals surface area contributed by atoms with E-state index in [1.54, 1.807) is 0 Å². The average Bonchev–Trinajstić information content (AvgIpc) is 2.27. The van der Waals surface area contributed by atoms with Gasteiger partial charge in [0, 0.05) is 5.41 Å². The number of rotatable bonds is 3. The van der Waals surface area contributed by atoms with Gasteiger partial charge in [-0.05, 0) is 36.5 Å². The zero-order valence-corrected chi connectivity index (χ0v) is 10.1. The Bertz CT molecular complexity index is 429. The van der Waals surface area contributed by atoms with E-state index >= 15 is 0 Å². The topological polar surface area (TPSA) is 17.1 Å². The zero-order valence-electron chi connectivity index (χ0n) is 10.1. The van der Waals surface area contributed by atoms with Gasteiger partial charge in [-0.3, -0.25) is 0 Å². The van der Waals surface area contributed by atoms with Gasteiger partial charge in [-0.2, -0.15) is 13.2 Å². The Balaban J connectivity index is 2.22. The smallest absolute Gasteiger partial charge is 0.303 e. The molecule has 1 saturated carbocycles. The van der Waals surface area contributed by atoms with E-state index in [2.05, 4.69) is 0 Å². The number of aldehydes is 1. The van der Waals surface area contributed by atoms with Crippen LogP contribution in [0.25, 0.3) is 0 Å². The van der Waals surface area contributed by atoms with Crippen molar-refractivity contribution in [1.29, 1.82) is 0 Å². The third-order valence-electron chi connectivity index (χ3n) is 4.12. The standard InChI is InChI=1S/C14H15F3O/c1-10(13(9-18)7-2-8-13)11-3-5-12(6-4-11)14(15,16)17/h3-6,9-10H,2,7-8H2,1H3. The van der Waals surface area contributed by atoms with Crippen molar-refractivity contribution in [2.24, 2.45) is 5.41 Å². The fourth-order valence-electron chi connectivity index (χ4n) is 2.53. The maximum atomic E-state index is 12.4. The lowest BCUT2D eigenvalue weighted by Gasteiger charge is -2.42. The highest BCUT2D eigenvalue weighted by atomic mass is 19.4. The number of hydrogen-bond acceptors (Lipinski definition) is 1. The summed E-state index contributed by atoms with van der Waals surface area (Å²) in [5.41, 5.74) is -0.207. The minimum Gasteiger partial charge on any atom is -0.303 e. The van der Waals surface area contributed by atoms with Crippen LogP contribution in [0.1, 0.15) is 43.2 Å². The first-order chi connectivity index (χ1) is 8.39. The summed E-state index contributed by atoms with van der Waals surface area (Å²) in [5.74, 6) is -0.0222. The largest absolute Gasteiger partial charge is 0.416 e. The van der Waals surface area contributed by atoms with E-state index in [1.807, 2.05) is 6.92 Å². The molecule has 0 N–H and O–H groups in total. The summed E-state index contributed by atoms with van der Waals surface area (Å²) in [6.45, 7) is 1.91. The Morgan fingerprint density at radius 2 is 1.78 bits per heavy atom. The summed E-state index contributed by atoms with van der Waals surface area (Å²) in [6.07, 6.45) is -0.652. The number of carbonyl (C=O) groups excluding carboxylic acids is 1. The van der Waals surface area contributed by atoms with Crippen molar-refractivity contribution in [3.8, 4) is 0 Å². The zero-order chi connectivity index (χ0) is 13.4. The van der Waals surface area contributed by atoms with Gasteiger partial charge in [0.2, 0.25) is 0 Å². The third kappa shape index (κ3) is 2.16. The molecule has 0 bridgehead atoms. The van der Waals surface area contributed by atoms with E-state index < -0.39 is 11.7 Å². The maximum absolute atomic E-state index is 12.4. The summed E-state index contributed by atoms with van der Waals surface area (Å²) in [6, 6.07) is 5.14. The second-order valence-corrected chi connectivity index (χ2v) is 5.05. The highest BCUT2D eigenvalue weighted by Gasteiger charge is 2.42. The molecule has 18 heavy (non-hydrogen) atoms. The van der Waals surface area contributed by atoms with Crippen LogP contribution in [0.15, 0.2) is 24.3 Å². The Labute approximate surface area is 104 Å². The van der Waals surface area contributed by atoms with Gasteiger partial charge in [-0.15, -0.1) is 0 Å². The molecule has 0 spiro atoms. The Morgan fingerprint density at radius 1 is 1.22 bits per heavy atom. The van der Waals surface area contributed by atoms with E-state index in [0.29, 0.717) is 0 Å². The minimum atomic E-state index is -4.30. The molecule has 0 saturated heterocycles. The molecule has 0 amide bonds. The van der Waals surface area contributed by atoms with Gasteiger partial charge in [0.05, 0.1) is 5.56 Å². The fourth-order valence-corrected chi connectivity index (χ4v) is 2.53. The lowest BCUT2D eigenvalue weighted by molar-refractivity contribution is -0.137. The molecule has 2 rings (SSSR count). The third-order valence-corrected chi connectivity index (χ3v) is 4.12. The lowest BCUT2D eigenvalue weighted by Crippen LogP contribution is -2.36. The van der Waals surface area contributed by atoms with Crippen molar-refractivity contribution in [2.45, 2.75) is 38.3 Å². The molecule has 4 heteroatoms. The molecule has 1 atom stereocenters. The molecule has 1 aromatic rings. The highest BCUT2D eigenvalue weighted by molar-refractivity contribution is 5.63. The van der Waals surface area contributed by atoms with Crippen LogP contribution in [0.4, 0.5) is 13.2 Å². The van der Waals surface area contributed by atoms with Gasteiger partial charge < -0.3 is 4.79 Å². The van der Waals surface area contributed by atoms with Crippen LogP contribution >= 0.6 is 0 Å². The molecule has 1 aliphatic rings. The summed E-state index contributed by atoms with van der Waals surface area (Å²) in [4.78, 5) is 11.2. The van der Waals surface area contributed by atoms with E-state index in [1.165, 1.54) is 12.1 Å². The first-order valence-corrected chi connectivity index (χ1v) is 6.02. The van der Waals surface area contributed by atoms with Crippen molar-refractivity contribution in [3.63, 3.8) is 0 Å². The van der Waals surface area contributed by atoms with Gasteiger partial charge in [-0.25, -0.2) is 0 Å². The average molecular weight is 256 g/mol. The number of hydrogen-bond donors (Lipinski definition) is 0. The summed E-state index contributed by atoms with van der Waals surface area (Å²) in [7, 11) is 0. The van der Waals surface area contributed by atoms with Crippen LogP contribution < -0.4 is 0 Å². The molecule has 1 nitrogen and oxygen atoms in total. The van der Waals surface area contributed by atoms with Crippen molar-refractivity contribution in [2.75, 3.05) is 0 Å². The van der Waals surface area contributed by atoms with E-state index in [9.17, 15) is 18.0 Å².